The monoisotopic (exact) mass is 325 g/mol. The van der Waals surface area contributed by atoms with Crippen molar-refractivity contribution in [1.82, 2.24) is 4.98 Å². The number of nitrogens with zero attached hydrogens (tertiary/aromatic N) is 1. The molecule has 0 saturated carbocycles. The summed E-state index contributed by atoms with van der Waals surface area (Å²) in [4.78, 5) is 4.61. The first-order valence-electron chi connectivity index (χ1n) is 9.09. The molecule has 0 unspecified atom stereocenters. The first kappa shape index (κ1) is 15.8. The number of fused-ring (bicyclic) bond motifs is 1. The highest BCUT2D eigenvalue weighted by molar-refractivity contribution is 5.93. The van der Waals surface area contributed by atoms with E-state index >= 15 is 0 Å². The molecule has 124 valence electrons. The van der Waals surface area contributed by atoms with E-state index in [1.807, 2.05) is 6.20 Å². The summed E-state index contributed by atoms with van der Waals surface area (Å²) in [5, 5.41) is 0. The van der Waals surface area contributed by atoms with Crippen molar-refractivity contribution in [2.24, 2.45) is 0 Å². The van der Waals surface area contributed by atoms with Gasteiger partial charge in [-0.2, -0.15) is 0 Å². The Hall–Kier alpha value is -2.67. The van der Waals surface area contributed by atoms with Gasteiger partial charge in [-0.15, -0.1) is 0 Å². The summed E-state index contributed by atoms with van der Waals surface area (Å²) < 4.78 is 0. The summed E-state index contributed by atoms with van der Waals surface area (Å²) >= 11 is 0. The standard InChI is InChI=1S/C24H23N/c1-3-5-18-9-11-19(12-10-18)22-7-4-6-20-14-21(15-23(20)22)24-13-8-17(2)16-25-24/h4,6-13,15-16H,3,5,14H2,1-2H3. The smallest absolute Gasteiger partial charge is 0.0665 e. The first-order chi connectivity index (χ1) is 12.2. The van der Waals surface area contributed by atoms with Crippen LogP contribution in [-0.2, 0) is 12.8 Å². The number of pyridine rings is 1. The average molecular weight is 325 g/mol. The molecule has 0 fully saturated rings. The molecule has 1 aliphatic carbocycles. The number of hydrogen-bond donors (Lipinski definition) is 0. The lowest BCUT2D eigenvalue weighted by atomic mass is 9.96. The van der Waals surface area contributed by atoms with Crippen molar-refractivity contribution in [1.29, 1.82) is 0 Å². The van der Waals surface area contributed by atoms with Gasteiger partial charge in [0.2, 0.25) is 0 Å². The Bertz CT molecular complexity index is 915. The van der Waals surface area contributed by atoms with Gasteiger partial charge in [-0.05, 0) is 64.4 Å². The van der Waals surface area contributed by atoms with Gasteiger partial charge in [0.15, 0.2) is 0 Å². The minimum Gasteiger partial charge on any atom is -0.256 e. The molecule has 4 rings (SSSR count). The molecule has 0 saturated heterocycles. The number of benzene rings is 2. The maximum Gasteiger partial charge on any atom is 0.0665 e. The van der Waals surface area contributed by atoms with Crippen LogP contribution < -0.4 is 0 Å². The quantitative estimate of drug-likeness (QED) is 0.564. The van der Waals surface area contributed by atoms with Crippen molar-refractivity contribution in [2.75, 3.05) is 0 Å². The van der Waals surface area contributed by atoms with Crippen LogP contribution in [0.4, 0.5) is 0 Å². The normalized spacial score (nSPS) is 12.8. The molecule has 1 heterocycles. The molecule has 1 aromatic heterocycles. The summed E-state index contributed by atoms with van der Waals surface area (Å²) in [5.74, 6) is 0. The van der Waals surface area contributed by atoms with Crippen molar-refractivity contribution >= 4 is 11.6 Å². The van der Waals surface area contributed by atoms with E-state index < -0.39 is 0 Å². The third-order valence-electron chi connectivity index (χ3n) is 4.94. The van der Waals surface area contributed by atoms with Gasteiger partial charge in [0.1, 0.15) is 0 Å². The molecule has 25 heavy (non-hydrogen) atoms. The van der Waals surface area contributed by atoms with Crippen LogP contribution in [0.3, 0.4) is 0 Å². The molecule has 0 bridgehead atoms. The Kier molecular flexibility index (Phi) is 4.23. The molecular formula is C24H23N. The number of rotatable bonds is 4. The van der Waals surface area contributed by atoms with Crippen molar-refractivity contribution in [3.8, 4) is 11.1 Å². The SMILES string of the molecule is CCCc1ccc(-c2cccc3c2C=C(c2ccc(C)cn2)C3)cc1. The van der Waals surface area contributed by atoms with Crippen LogP contribution in [-0.4, -0.2) is 4.98 Å². The number of aromatic nitrogens is 1. The lowest BCUT2D eigenvalue weighted by Gasteiger charge is -2.08. The molecule has 0 N–H and O–H groups in total. The lowest BCUT2D eigenvalue weighted by molar-refractivity contribution is 0.922. The Balaban J connectivity index is 1.71. The predicted octanol–water partition coefficient (Wildman–Crippen LogP) is 6.11. The number of aryl methyl sites for hydroxylation is 2. The van der Waals surface area contributed by atoms with E-state index in [0.717, 1.165) is 18.5 Å². The molecule has 1 heteroatoms. The second-order valence-corrected chi connectivity index (χ2v) is 6.89. The molecule has 0 aliphatic heterocycles. The minimum absolute atomic E-state index is 0.965. The van der Waals surface area contributed by atoms with E-state index in [-0.39, 0.29) is 0 Å². The topological polar surface area (TPSA) is 12.9 Å². The largest absolute Gasteiger partial charge is 0.256 e. The Morgan fingerprint density at radius 3 is 2.52 bits per heavy atom. The molecule has 0 atom stereocenters. The highest BCUT2D eigenvalue weighted by Gasteiger charge is 2.18. The van der Waals surface area contributed by atoms with E-state index in [2.05, 4.69) is 79.5 Å². The van der Waals surface area contributed by atoms with E-state index in [4.69, 9.17) is 0 Å². The molecular weight excluding hydrogens is 302 g/mol. The van der Waals surface area contributed by atoms with Gasteiger partial charge >= 0.3 is 0 Å². The second-order valence-electron chi connectivity index (χ2n) is 6.89. The third kappa shape index (κ3) is 3.15. The summed E-state index contributed by atoms with van der Waals surface area (Å²) in [6.07, 6.45) is 7.58. The van der Waals surface area contributed by atoms with Crippen LogP contribution in [0, 0.1) is 6.92 Å². The molecule has 0 amide bonds. The lowest BCUT2D eigenvalue weighted by Crippen LogP contribution is -1.90. The van der Waals surface area contributed by atoms with Crippen LogP contribution in [0.2, 0.25) is 0 Å². The fourth-order valence-corrected chi connectivity index (χ4v) is 3.58. The Morgan fingerprint density at radius 1 is 0.960 bits per heavy atom. The summed E-state index contributed by atoms with van der Waals surface area (Å²) in [7, 11) is 0. The predicted molar refractivity (Wildman–Crippen MR) is 106 cm³/mol. The zero-order valence-electron chi connectivity index (χ0n) is 14.9. The van der Waals surface area contributed by atoms with Crippen molar-refractivity contribution in [2.45, 2.75) is 33.1 Å². The number of hydrogen-bond acceptors (Lipinski definition) is 1. The Morgan fingerprint density at radius 2 is 1.80 bits per heavy atom. The maximum absolute atomic E-state index is 4.61. The molecule has 3 aromatic rings. The fraction of sp³-hybridized carbons (Fsp3) is 0.208. The van der Waals surface area contributed by atoms with Gasteiger partial charge in [0.25, 0.3) is 0 Å². The fourth-order valence-electron chi connectivity index (χ4n) is 3.58. The highest BCUT2D eigenvalue weighted by Crippen LogP contribution is 2.37. The van der Waals surface area contributed by atoms with Crippen molar-refractivity contribution in [3.63, 3.8) is 0 Å². The van der Waals surface area contributed by atoms with Gasteiger partial charge in [-0.3, -0.25) is 4.98 Å². The molecule has 1 aliphatic rings. The highest BCUT2D eigenvalue weighted by atomic mass is 14.7. The third-order valence-corrected chi connectivity index (χ3v) is 4.94. The van der Waals surface area contributed by atoms with Gasteiger partial charge in [0, 0.05) is 12.6 Å². The van der Waals surface area contributed by atoms with E-state index in [0.29, 0.717) is 0 Å². The van der Waals surface area contributed by atoms with Crippen molar-refractivity contribution < 1.29 is 0 Å². The van der Waals surface area contributed by atoms with Crippen LogP contribution in [0.15, 0.2) is 60.8 Å². The van der Waals surface area contributed by atoms with Crippen LogP contribution in [0.5, 0.6) is 0 Å². The summed E-state index contributed by atoms with van der Waals surface area (Å²) in [6.45, 7) is 4.30. The van der Waals surface area contributed by atoms with E-state index in [9.17, 15) is 0 Å². The number of allylic oxidation sites excluding steroid dienone is 1. The minimum atomic E-state index is 0.965. The maximum atomic E-state index is 4.61. The van der Waals surface area contributed by atoms with Gasteiger partial charge < -0.3 is 0 Å². The van der Waals surface area contributed by atoms with Crippen LogP contribution >= 0.6 is 0 Å². The van der Waals surface area contributed by atoms with Gasteiger partial charge in [-0.1, -0.05) is 61.9 Å². The molecule has 1 nitrogen and oxygen atoms in total. The zero-order chi connectivity index (χ0) is 17.2. The van der Waals surface area contributed by atoms with Crippen LogP contribution in [0.1, 0.15) is 41.3 Å². The molecule has 0 spiro atoms. The Labute approximate surface area is 150 Å². The zero-order valence-corrected chi connectivity index (χ0v) is 14.9. The molecule has 2 aromatic carbocycles. The van der Waals surface area contributed by atoms with Gasteiger partial charge in [-0.25, -0.2) is 0 Å². The van der Waals surface area contributed by atoms with Crippen molar-refractivity contribution in [3.05, 3.63) is 88.7 Å². The second kappa shape index (κ2) is 6.68. The van der Waals surface area contributed by atoms with E-state index in [1.165, 1.54) is 45.4 Å². The molecule has 0 radical (unpaired) electrons. The summed E-state index contributed by atoms with van der Waals surface area (Å²) in [6, 6.07) is 20.0. The first-order valence-corrected chi connectivity index (χ1v) is 9.09. The van der Waals surface area contributed by atoms with E-state index in [1.54, 1.807) is 0 Å². The van der Waals surface area contributed by atoms with Crippen LogP contribution in [0.25, 0.3) is 22.8 Å². The van der Waals surface area contributed by atoms with Gasteiger partial charge in [0.05, 0.1) is 5.69 Å². The summed E-state index contributed by atoms with van der Waals surface area (Å²) in [5.41, 5.74) is 10.4. The average Bonchev–Trinajstić information content (AvgIpc) is 3.07.